The van der Waals surface area contributed by atoms with Gasteiger partial charge in [0.2, 0.25) is 0 Å². The predicted octanol–water partition coefficient (Wildman–Crippen LogP) is -2.56. The van der Waals surface area contributed by atoms with Crippen molar-refractivity contribution in [1.82, 2.24) is 0 Å². The Labute approximate surface area is 190 Å². The molecule has 0 saturated heterocycles. The van der Waals surface area contributed by atoms with E-state index in [1.807, 2.05) is 0 Å². The average molecular weight is 285 g/mol. The van der Waals surface area contributed by atoms with Gasteiger partial charge in [-0.25, -0.2) is 0 Å². The molecule has 0 aromatic carbocycles. The molecule has 0 rings (SSSR count). The molecule has 0 aliphatic carbocycles. The van der Waals surface area contributed by atoms with Crippen molar-refractivity contribution >= 4 is 179 Å². The van der Waals surface area contributed by atoms with Crippen LogP contribution >= 0.6 is 0 Å². The summed E-state index contributed by atoms with van der Waals surface area (Å²) < 4.78 is 31.6. The predicted molar refractivity (Wildman–Crippen MR) is 42.9 cm³/mol. The number of hydrogen-bond acceptors (Lipinski definition) is 2. The largest absolute Gasteiger partial charge is 3.00 e. The SMILES string of the molecule is O=S(=O)(O)O.[Al+3].[Ca+2].[Ca+2].[Ca+2].[Ca+2]. The number of hydrogen-bond donors (Lipinski definition) is 2. The molecule has 0 amide bonds. The molecule has 0 saturated carbocycles. The first-order valence-electron chi connectivity index (χ1n) is 0.698. The van der Waals surface area contributed by atoms with Crippen LogP contribution < -0.4 is 0 Å². The van der Waals surface area contributed by atoms with Crippen LogP contribution in [0.4, 0.5) is 0 Å². The van der Waals surface area contributed by atoms with E-state index in [4.69, 9.17) is 17.5 Å². The Kier molecular flexibility index (Phi) is 72.0. The maximum atomic E-state index is 8.74. The molecule has 0 bridgehead atoms. The molecule has 0 aliphatic rings. The summed E-state index contributed by atoms with van der Waals surface area (Å²) in [7, 11) is -4.67. The molecule has 0 unspecified atom stereocenters. The van der Waals surface area contributed by atoms with Crippen LogP contribution in [-0.2, 0) is 10.4 Å². The second kappa shape index (κ2) is 19.9. The Bertz CT molecular complexity index is 100. The average Bonchev–Trinajstić information content (AvgIpc) is 0.722. The molecule has 0 atom stereocenters. The van der Waals surface area contributed by atoms with Gasteiger partial charge in [0, 0.05) is 0 Å². The standard InChI is InChI=1S/Al.4Ca.H2O4S/c;;;;;1-5(2,3)4/h;;;;;(H2,1,2,3,4)/q+3;4*+2;. The van der Waals surface area contributed by atoms with Gasteiger partial charge in [0.05, 0.1) is 0 Å². The van der Waals surface area contributed by atoms with Gasteiger partial charge in [0.25, 0.3) is 0 Å². The fourth-order valence-corrected chi connectivity index (χ4v) is 0. The van der Waals surface area contributed by atoms with E-state index < -0.39 is 10.4 Å². The van der Waals surface area contributed by atoms with Gasteiger partial charge in [0.15, 0.2) is 0 Å². The molecule has 0 heterocycles. The minimum Gasteiger partial charge on any atom is -0.264 e. The van der Waals surface area contributed by atoms with Crippen LogP contribution in [0.15, 0.2) is 0 Å². The van der Waals surface area contributed by atoms with Crippen molar-refractivity contribution < 1.29 is 17.5 Å². The van der Waals surface area contributed by atoms with E-state index in [-0.39, 0.29) is 168 Å². The monoisotopic (exact) mass is 285 g/mol. The van der Waals surface area contributed by atoms with Crippen molar-refractivity contribution in [3.63, 3.8) is 0 Å². The van der Waals surface area contributed by atoms with Crippen LogP contribution in [0.1, 0.15) is 0 Å². The normalized spacial score (nSPS) is 5.80. The molecule has 10 heteroatoms. The third kappa shape index (κ3) is 70.3. The van der Waals surface area contributed by atoms with Crippen molar-refractivity contribution in [2.45, 2.75) is 0 Å². The van der Waals surface area contributed by atoms with Crippen molar-refractivity contribution in [1.29, 1.82) is 0 Å². The zero-order valence-corrected chi connectivity index (χ0v) is 16.3. The first kappa shape index (κ1) is 36.1. The van der Waals surface area contributed by atoms with Crippen molar-refractivity contribution in [2.24, 2.45) is 0 Å². The molecule has 0 spiro atoms. The van der Waals surface area contributed by atoms with Gasteiger partial charge < -0.3 is 0 Å². The minimum atomic E-state index is -4.67. The summed E-state index contributed by atoms with van der Waals surface area (Å²) in [6.45, 7) is 0. The van der Waals surface area contributed by atoms with Crippen molar-refractivity contribution in [3.8, 4) is 0 Å². The van der Waals surface area contributed by atoms with Gasteiger partial charge in [-0.2, -0.15) is 8.42 Å². The Morgan fingerprint density at radius 1 is 0.800 bits per heavy atom. The molecule has 0 aliphatic heterocycles. The van der Waals surface area contributed by atoms with Crippen LogP contribution in [0.25, 0.3) is 0 Å². The Morgan fingerprint density at radius 2 is 0.800 bits per heavy atom. The first-order chi connectivity index (χ1) is 2.00. The van der Waals surface area contributed by atoms with E-state index in [9.17, 15) is 0 Å². The van der Waals surface area contributed by atoms with E-state index in [0.29, 0.717) is 0 Å². The van der Waals surface area contributed by atoms with Gasteiger partial charge in [0.1, 0.15) is 0 Å². The van der Waals surface area contributed by atoms with Crippen LogP contribution in [0, 0.1) is 0 Å². The topological polar surface area (TPSA) is 74.6 Å². The van der Waals surface area contributed by atoms with Crippen LogP contribution in [0.2, 0.25) is 0 Å². The van der Waals surface area contributed by atoms with E-state index >= 15 is 0 Å². The Morgan fingerprint density at radius 3 is 0.800 bits per heavy atom. The molecule has 4 nitrogen and oxygen atoms in total. The van der Waals surface area contributed by atoms with Crippen LogP contribution in [-0.4, -0.2) is 186 Å². The van der Waals surface area contributed by atoms with Crippen molar-refractivity contribution in [3.05, 3.63) is 0 Å². The van der Waals surface area contributed by atoms with Gasteiger partial charge >= 0.3 is 179 Å². The second-order valence-corrected chi connectivity index (χ2v) is 1.34. The quantitative estimate of drug-likeness (QED) is 0.379. The summed E-state index contributed by atoms with van der Waals surface area (Å²) in [5.74, 6) is 0. The van der Waals surface area contributed by atoms with Crippen LogP contribution in [0.3, 0.4) is 0 Å². The third-order valence-corrected chi connectivity index (χ3v) is 0. The van der Waals surface area contributed by atoms with E-state index in [1.165, 1.54) is 0 Å². The molecule has 0 aromatic heterocycles. The summed E-state index contributed by atoms with van der Waals surface area (Å²) >= 11 is 0. The van der Waals surface area contributed by atoms with E-state index in [0.717, 1.165) is 0 Å². The summed E-state index contributed by atoms with van der Waals surface area (Å²) in [6.07, 6.45) is 0. The molecular formula is H2AlCa4O4S+11. The van der Waals surface area contributed by atoms with Gasteiger partial charge in [-0.1, -0.05) is 0 Å². The molecular weight excluding hydrogens is 283 g/mol. The summed E-state index contributed by atoms with van der Waals surface area (Å²) in [4.78, 5) is 0. The third-order valence-electron chi connectivity index (χ3n) is 0. The second-order valence-electron chi connectivity index (χ2n) is 0.448. The Hall–Kier alpha value is 5.44. The fourth-order valence-electron chi connectivity index (χ4n) is 0. The molecule has 32 valence electrons. The summed E-state index contributed by atoms with van der Waals surface area (Å²) in [5.41, 5.74) is 0. The summed E-state index contributed by atoms with van der Waals surface area (Å²) in [5, 5.41) is 0. The first-order valence-corrected chi connectivity index (χ1v) is 2.10. The molecule has 2 N–H and O–H groups in total. The molecule has 10 heavy (non-hydrogen) atoms. The summed E-state index contributed by atoms with van der Waals surface area (Å²) in [6, 6.07) is 0. The molecule has 0 radical (unpaired) electrons. The number of rotatable bonds is 0. The zero-order chi connectivity index (χ0) is 4.50. The van der Waals surface area contributed by atoms with E-state index in [2.05, 4.69) is 0 Å². The van der Waals surface area contributed by atoms with Crippen LogP contribution in [0.5, 0.6) is 0 Å². The van der Waals surface area contributed by atoms with Gasteiger partial charge in [-0.15, -0.1) is 0 Å². The maximum Gasteiger partial charge on any atom is 3.00 e. The van der Waals surface area contributed by atoms with Gasteiger partial charge in [-0.3, -0.25) is 9.11 Å². The van der Waals surface area contributed by atoms with Crippen molar-refractivity contribution in [2.75, 3.05) is 0 Å². The minimum absolute atomic E-state index is 0. The smallest absolute Gasteiger partial charge is 0.264 e. The fraction of sp³-hybridized carbons (Fsp3) is 0. The maximum absolute atomic E-state index is 8.74. The van der Waals surface area contributed by atoms with Gasteiger partial charge in [-0.05, 0) is 0 Å². The Balaban J connectivity index is -0.00000000800. The molecule has 0 aromatic rings. The molecule has 0 fully saturated rings. The zero-order valence-electron chi connectivity index (χ0n) is 5.52. The van der Waals surface area contributed by atoms with E-state index in [1.54, 1.807) is 0 Å².